The van der Waals surface area contributed by atoms with E-state index in [1.54, 1.807) is 18.0 Å². The maximum absolute atomic E-state index is 12.2. The van der Waals surface area contributed by atoms with Crippen LogP contribution in [0.25, 0.3) is 0 Å². The third kappa shape index (κ3) is 3.04. The average Bonchev–Trinajstić information content (AvgIpc) is 2.25. The Morgan fingerprint density at radius 3 is 2.59 bits per heavy atom. The lowest BCUT2D eigenvalue weighted by Crippen LogP contribution is -2.43. The van der Waals surface area contributed by atoms with Crippen molar-refractivity contribution in [1.29, 1.82) is 5.26 Å². The second-order valence-corrected chi connectivity index (χ2v) is 5.61. The molecule has 0 atom stereocenters. The lowest BCUT2D eigenvalue weighted by Gasteiger charge is -2.31. The largest absolute Gasteiger partial charge is 0.335 e. The van der Waals surface area contributed by atoms with E-state index < -0.39 is 0 Å². The van der Waals surface area contributed by atoms with Crippen molar-refractivity contribution in [3.8, 4) is 6.07 Å². The van der Waals surface area contributed by atoms with Crippen molar-refractivity contribution in [2.75, 3.05) is 7.05 Å². The molecule has 0 saturated carbocycles. The number of halogens is 1. The molecule has 1 aromatic heterocycles. The molecule has 0 spiro atoms. The highest BCUT2D eigenvalue weighted by molar-refractivity contribution is 9.10. The van der Waals surface area contributed by atoms with Crippen LogP contribution in [0.1, 0.15) is 36.8 Å². The summed E-state index contributed by atoms with van der Waals surface area (Å²) in [6.45, 7) is 5.78. The van der Waals surface area contributed by atoms with Crippen LogP contribution >= 0.6 is 15.9 Å². The van der Waals surface area contributed by atoms with Gasteiger partial charge >= 0.3 is 0 Å². The molecule has 17 heavy (non-hydrogen) atoms. The Balaban J connectivity index is 3.18. The summed E-state index contributed by atoms with van der Waals surface area (Å²) in [7, 11) is 1.70. The zero-order valence-electron chi connectivity index (χ0n) is 10.3. The van der Waals surface area contributed by atoms with Gasteiger partial charge in [-0.3, -0.25) is 4.79 Å². The molecule has 90 valence electrons. The summed E-state index contributed by atoms with van der Waals surface area (Å²) in [5, 5.41) is 8.99. The first-order valence-corrected chi connectivity index (χ1v) is 5.90. The molecule has 1 heterocycles. The van der Waals surface area contributed by atoms with Gasteiger partial charge in [0, 0.05) is 23.3 Å². The van der Waals surface area contributed by atoms with E-state index in [4.69, 9.17) is 5.26 Å². The van der Waals surface area contributed by atoms with Crippen molar-refractivity contribution in [2.45, 2.75) is 26.3 Å². The molecule has 0 unspecified atom stereocenters. The number of hydrogen-bond acceptors (Lipinski definition) is 3. The summed E-state index contributed by atoms with van der Waals surface area (Å²) in [4.78, 5) is 17.8. The summed E-state index contributed by atoms with van der Waals surface area (Å²) in [5.41, 5.74) is 0.159. The van der Waals surface area contributed by atoms with Crippen LogP contribution in [0.15, 0.2) is 16.7 Å². The molecule has 0 saturated heterocycles. The molecule has 4 nitrogen and oxygen atoms in total. The fourth-order valence-corrected chi connectivity index (χ4v) is 1.49. The maximum Gasteiger partial charge on any atom is 0.274 e. The third-order valence-corrected chi connectivity index (χ3v) is 2.92. The highest BCUT2D eigenvalue weighted by atomic mass is 79.9. The van der Waals surface area contributed by atoms with Crippen LogP contribution in [0.4, 0.5) is 0 Å². The van der Waals surface area contributed by atoms with E-state index in [2.05, 4.69) is 20.9 Å². The number of carbonyl (C=O) groups excluding carboxylic acids is 1. The summed E-state index contributed by atoms with van der Waals surface area (Å²) >= 11 is 3.22. The molecular formula is C12H14BrN3O. The van der Waals surface area contributed by atoms with Crippen LogP contribution in [-0.2, 0) is 0 Å². The van der Waals surface area contributed by atoms with Crippen molar-refractivity contribution >= 4 is 21.8 Å². The molecule has 0 aliphatic carbocycles. The molecule has 1 amide bonds. The molecule has 5 heteroatoms. The van der Waals surface area contributed by atoms with Gasteiger partial charge in [-0.1, -0.05) is 0 Å². The normalized spacial score (nSPS) is 10.8. The molecule has 0 fully saturated rings. The topological polar surface area (TPSA) is 57.0 Å². The lowest BCUT2D eigenvalue weighted by atomic mass is 10.1. The Hall–Kier alpha value is -1.41. The fraction of sp³-hybridized carbons (Fsp3) is 0.417. The number of rotatable bonds is 1. The first-order valence-electron chi connectivity index (χ1n) is 5.11. The Morgan fingerprint density at radius 1 is 1.53 bits per heavy atom. The molecule has 0 bridgehead atoms. The molecule has 0 aliphatic heterocycles. The van der Waals surface area contributed by atoms with Crippen molar-refractivity contribution in [1.82, 2.24) is 9.88 Å². The van der Waals surface area contributed by atoms with Crippen molar-refractivity contribution in [3.05, 3.63) is 28.0 Å². The molecular weight excluding hydrogens is 282 g/mol. The maximum atomic E-state index is 12.2. The van der Waals surface area contributed by atoms with Gasteiger partial charge in [0.1, 0.15) is 11.8 Å². The van der Waals surface area contributed by atoms with Gasteiger partial charge in [-0.2, -0.15) is 5.26 Å². The second kappa shape index (κ2) is 4.84. The van der Waals surface area contributed by atoms with Gasteiger partial charge in [-0.15, -0.1) is 0 Å². The molecule has 1 aromatic rings. The van der Waals surface area contributed by atoms with Gasteiger partial charge in [-0.05, 0) is 42.8 Å². The minimum atomic E-state index is -0.307. The third-order valence-electron chi connectivity index (χ3n) is 2.49. The summed E-state index contributed by atoms with van der Waals surface area (Å²) in [5.74, 6) is -0.249. The molecule has 0 aliphatic rings. The minimum Gasteiger partial charge on any atom is -0.335 e. The van der Waals surface area contributed by atoms with Crippen molar-refractivity contribution < 1.29 is 4.79 Å². The quantitative estimate of drug-likeness (QED) is 0.800. The zero-order valence-corrected chi connectivity index (χ0v) is 11.9. The number of nitriles is 1. The Morgan fingerprint density at radius 2 is 2.12 bits per heavy atom. The van der Waals surface area contributed by atoms with Gasteiger partial charge < -0.3 is 4.90 Å². The lowest BCUT2D eigenvalue weighted by molar-refractivity contribution is 0.0649. The molecule has 0 N–H and O–H groups in total. The first-order chi connectivity index (χ1) is 7.77. The molecule has 0 aromatic carbocycles. The smallest absolute Gasteiger partial charge is 0.274 e. The molecule has 0 radical (unpaired) electrons. The van der Waals surface area contributed by atoms with Crippen LogP contribution in [0, 0.1) is 11.3 Å². The van der Waals surface area contributed by atoms with Gasteiger partial charge in [0.2, 0.25) is 0 Å². The van der Waals surface area contributed by atoms with Gasteiger partial charge in [0.05, 0.1) is 5.56 Å². The van der Waals surface area contributed by atoms with Crippen LogP contribution < -0.4 is 0 Å². The van der Waals surface area contributed by atoms with Crippen LogP contribution in [0.2, 0.25) is 0 Å². The SMILES string of the molecule is CN(C(=O)c1ncc(Br)cc1C#N)C(C)(C)C. The second-order valence-electron chi connectivity index (χ2n) is 4.70. The predicted octanol–water partition coefficient (Wildman–Crippen LogP) is 2.59. The van der Waals surface area contributed by atoms with Gasteiger partial charge in [0.15, 0.2) is 0 Å². The minimum absolute atomic E-state index is 0.188. The standard InChI is InChI=1S/C12H14BrN3O/c1-12(2,3)16(4)11(17)10-8(6-14)5-9(13)7-15-10/h5,7H,1-4H3. The highest BCUT2D eigenvalue weighted by Crippen LogP contribution is 2.18. The fourth-order valence-electron chi connectivity index (χ4n) is 1.16. The Bertz CT molecular complexity index is 486. The average molecular weight is 296 g/mol. The predicted molar refractivity (Wildman–Crippen MR) is 68.5 cm³/mol. The van der Waals surface area contributed by atoms with E-state index in [9.17, 15) is 4.79 Å². The van der Waals surface area contributed by atoms with E-state index in [-0.39, 0.29) is 22.7 Å². The Kier molecular flexibility index (Phi) is 3.89. The van der Waals surface area contributed by atoms with Gasteiger partial charge in [-0.25, -0.2) is 4.98 Å². The number of aromatic nitrogens is 1. The Labute approximate surface area is 109 Å². The number of amides is 1. The van der Waals surface area contributed by atoms with E-state index >= 15 is 0 Å². The number of hydrogen-bond donors (Lipinski definition) is 0. The van der Waals surface area contributed by atoms with E-state index in [0.29, 0.717) is 4.47 Å². The zero-order chi connectivity index (χ0) is 13.2. The molecule has 1 rings (SSSR count). The summed E-state index contributed by atoms with van der Waals surface area (Å²) in [6, 6.07) is 3.58. The van der Waals surface area contributed by atoms with E-state index in [1.165, 1.54) is 6.20 Å². The van der Waals surface area contributed by atoms with Crippen molar-refractivity contribution in [3.63, 3.8) is 0 Å². The first kappa shape index (κ1) is 13.7. The van der Waals surface area contributed by atoms with E-state index in [0.717, 1.165) is 0 Å². The number of carbonyl (C=O) groups is 1. The van der Waals surface area contributed by atoms with Crippen LogP contribution in [-0.4, -0.2) is 28.4 Å². The number of nitrogens with zero attached hydrogens (tertiary/aromatic N) is 3. The van der Waals surface area contributed by atoms with E-state index in [1.807, 2.05) is 26.8 Å². The number of pyridine rings is 1. The van der Waals surface area contributed by atoms with Crippen LogP contribution in [0.3, 0.4) is 0 Å². The monoisotopic (exact) mass is 295 g/mol. The van der Waals surface area contributed by atoms with Crippen molar-refractivity contribution in [2.24, 2.45) is 0 Å². The summed E-state index contributed by atoms with van der Waals surface area (Å²) in [6.07, 6.45) is 1.52. The summed E-state index contributed by atoms with van der Waals surface area (Å²) < 4.78 is 0.684. The van der Waals surface area contributed by atoms with Crippen LogP contribution in [0.5, 0.6) is 0 Å². The highest BCUT2D eigenvalue weighted by Gasteiger charge is 2.26. The van der Waals surface area contributed by atoms with Gasteiger partial charge in [0.25, 0.3) is 5.91 Å².